The number of nitrogens with zero attached hydrogens (tertiary/aromatic N) is 2. The van der Waals surface area contributed by atoms with Gasteiger partial charge in [0, 0.05) is 25.8 Å². The van der Waals surface area contributed by atoms with Crippen LogP contribution < -0.4 is 4.90 Å². The van der Waals surface area contributed by atoms with Crippen LogP contribution in [0.3, 0.4) is 0 Å². The summed E-state index contributed by atoms with van der Waals surface area (Å²) < 4.78 is 30.7. The molecule has 8 heteroatoms. The molecule has 0 N–H and O–H groups in total. The molecule has 0 bridgehead atoms. The zero-order chi connectivity index (χ0) is 21.3. The lowest BCUT2D eigenvalue weighted by atomic mass is 10.1. The summed E-state index contributed by atoms with van der Waals surface area (Å²) >= 11 is 0. The Labute approximate surface area is 170 Å². The number of para-hydroxylation sites is 1. The fraction of sp³-hybridized carbons (Fsp3) is 0.333. The van der Waals surface area contributed by atoms with E-state index in [9.17, 15) is 18.0 Å². The van der Waals surface area contributed by atoms with Gasteiger partial charge in [-0.3, -0.25) is 4.79 Å². The van der Waals surface area contributed by atoms with Crippen molar-refractivity contribution >= 4 is 27.6 Å². The van der Waals surface area contributed by atoms with E-state index in [1.165, 1.54) is 38.4 Å². The van der Waals surface area contributed by atoms with Crippen LogP contribution in [0.5, 0.6) is 0 Å². The summed E-state index contributed by atoms with van der Waals surface area (Å²) in [6, 6.07) is 13.1. The molecule has 154 valence electrons. The number of esters is 1. The summed E-state index contributed by atoms with van der Waals surface area (Å²) in [5, 5.41) is 0. The van der Waals surface area contributed by atoms with Gasteiger partial charge < -0.3 is 9.64 Å². The monoisotopic (exact) mass is 416 g/mol. The molecule has 0 radical (unpaired) electrons. The Morgan fingerprint density at radius 2 is 1.72 bits per heavy atom. The molecule has 29 heavy (non-hydrogen) atoms. The predicted molar refractivity (Wildman–Crippen MR) is 109 cm³/mol. The van der Waals surface area contributed by atoms with Gasteiger partial charge in [0.15, 0.2) is 6.10 Å². The van der Waals surface area contributed by atoms with Gasteiger partial charge in [0.2, 0.25) is 10.0 Å². The van der Waals surface area contributed by atoms with Gasteiger partial charge >= 0.3 is 5.97 Å². The molecule has 0 aromatic heterocycles. The summed E-state index contributed by atoms with van der Waals surface area (Å²) in [6.45, 7) is 3.50. The van der Waals surface area contributed by atoms with Gasteiger partial charge in [-0.15, -0.1) is 0 Å². The summed E-state index contributed by atoms with van der Waals surface area (Å²) in [6.07, 6.45) is -0.217. The van der Waals surface area contributed by atoms with Crippen LogP contribution in [0.25, 0.3) is 0 Å². The van der Waals surface area contributed by atoms with Gasteiger partial charge in [0.05, 0.1) is 10.5 Å². The minimum atomic E-state index is -3.58. The average Bonchev–Trinajstić information content (AvgIpc) is 3.02. The minimum absolute atomic E-state index is 0.0171. The fourth-order valence-electron chi connectivity index (χ4n) is 3.35. The number of fused-ring (bicyclic) bond motifs is 1. The zero-order valence-electron chi connectivity index (χ0n) is 16.8. The smallest absolute Gasteiger partial charge is 0.338 e. The van der Waals surface area contributed by atoms with E-state index in [4.69, 9.17) is 4.74 Å². The molecule has 0 unspecified atom stereocenters. The third-order valence-corrected chi connectivity index (χ3v) is 6.77. The van der Waals surface area contributed by atoms with Crippen molar-refractivity contribution in [2.24, 2.45) is 0 Å². The molecule has 0 saturated carbocycles. The van der Waals surface area contributed by atoms with Gasteiger partial charge in [-0.25, -0.2) is 17.5 Å². The molecule has 2 atom stereocenters. The second kappa shape index (κ2) is 7.96. The van der Waals surface area contributed by atoms with Crippen molar-refractivity contribution in [3.05, 3.63) is 59.7 Å². The molecule has 0 spiro atoms. The van der Waals surface area contributed by atoms with Crippen molar-refractivity contribution < 1.29 is 22.7 Å². The Kier molecular flexibility index (Phi) is 5.77. The summed E-state index contributed by atoms with van der Waals surface area (Å²) in [7, 11) is -0.715. The molecule has 3 rings (SSSR count). The Morgan fingerprint density at radius 3 is 2.34 bits per heavy atom. The summed E-state index contributed by atoms with van der Waals surface area (Å²) in [5.41, 5.74) is 2.10. The first-order valence-corrected chi connectivity index (χ1v) is 10.7. The van der Waals surface area contributed by atoms with E-state index < -0.39 is 22.1 Å². The lowest BCUT2D eigenvalue weighted by Crippen LogP contribution is -2.43. The number of carbonyl (C=O) groups is 2. The fourth-order valence-corrected chi connectivity index (χ4v) is 4.25. The number of rotatable bonds is 5. The van der Waals surface area contributed by atoms with Gasteiger partial charge in [0.25, 0.3) is 5.91 Å². The maximum atomic E-state index is 12.9. The topological polar surface area (TPSA) is 84.0 Å². The van der Waals surface area contributed by atoms with Gasteiger partial charge in [-0.2, -0.15) is 0 Å². The van der Waals surface area contributed by atoms with E-state index in [0.717, 1.165) is 22.0 Å². The van der Waals surface area contributed by atoms with Crippen LogP contribution >= 0.6 is 0 Å². The average molecular weight is 416 g/mol. The number of ether oxygens (including phenoxy) is 1. The van der Waals surface area contributed by atoms with Gasteiger partial charge in [0.1, 0.15) is 0 Å². The molecule has 0 saturated heterocycles. The second-order valence-corrected chi connectivity index (χ2v) is 9.40. The summed E-state index contributed by atoms with van der Waals surface area (Å²) in [5.74, 6) is -0.970. The van der Waals surface area contributed by atoms with E-state index in [1.54, 1.807) is 11.8 Å². The largest absolute Gasteiger partial charge is 0.449 e. The SMILES string of the molecule is C[C@H](OC(=O)c1ccc(S(=O)(=O)N(C)C)cc1)C(=O)N1c2ccccc2C[C@@H]1C. The highest BCUT2D eigenvalue weighted by atomic mass is 32.2. The van der Waals surface area contributed by atoms with Crippen molar-refractivity contribution in [3.63, 3.8) is 0 Å². The number of carbonyl (C=O) groups excluding carboxylic acids is 2. The molecule has 1 aliphatic rings. The van der Waals surface area contributed by atoms with Crippen molar-refractivity contribution in [1.82, 2.24) is 4.31 Å². The number of amides is 1. The maximum Gasteiger partial charge on any atom is 0.338 e. The second-order valence-electron chi connectivity index (χ2n) is 7.25. The first-order valence-electron chi connectivity index (χ1n) is 9.27. The molecule has 1 aliphatic heterocycles. The van der Waals surface area contributed by atoms with Crippen molar-refractivity contribution in [1.29, 1.82) is 0 Å². The quantitative estimate of drug-likeness (QED) is 0.699. The molecule has 1 amide bonds. The molecular weight excluding hydrogens is 392 g/mol. The highest BCUT2D eigenvalue weighted by molar-refractivity contribution is 7.89. The third kappa shape index (κ3) is 4.04. The molecular formula is C21H24N2O5S. The van der Waals surface area contributed by atoms with Crippen molar-refractivity contribution in [2.45, 2.75) is 37.3 Å². The Bertz CT molecular complexity index is 1030. The van der Waals surface area contributed by atoms with E-state index >= 15 is 0 Å². The van der Waals surface area contributed by atoms with E-state index in [0.29, 0.717) is 0 Å². The molecule has 2 aromatic rings. The number of anilines is 1. The predicted octanol–water partition coefficient (Wildman–Crippen LogP) is 2.46. The first-order chi connectivity index (χ1) is 13.6. The third-order valence-electron chi connectivity index (χ3n) is 4.94. The Hall–Kier alpha value is -2.71. The van der Waals surface area contributed by atoms with Crippen molar-refractivity contribution in [3.8, 4) is 0 Å². The lowest BCUT2D eigenvalue weighted by molar-refractivity contribution is -0.126. The molecule has 7 nitrogen and oxygen atoms in total. The number of hydrogen-bond acceptors (Lipinski definition) is 5. The normalized spacial score (nSPS) is 17.1. The maximum absolute atomic E-state index is 12.9. The Balaban J connectivity index is 1.72. The van der Waals surface area contributed by atoms with Crippen LogP contribution in [0.2, 0.25) is 0 Å². The van der Waals surface area contributed by atoms with Crippen LogP contribution in [0, 0.1) is 0 Å². The van der Waals surface area contributed by atoms with Crippen LogP contribution in [-0.2, 0) is 26.0 Å². The van der Waals surface area contributed by atoms with E-state index in [-0.39, 0.29) is 22.4 Å². The van der Waals surface area contributed by atoms with E-state index in [1.807, 2.05) is 31.2 Å². The first kappa shape index (κ1) is 21.0. The van der Waals surface area contributed by atoms with Gasteiger partial charge in [-0.05, 0) is 56.2 Å². The Morgan fingerprint density at radius 1 is 1.10 bits per heavy atom. The number of benzene rings is 2. The van der Waals surface area contributed by atoms with E-state index in [2.05, 4.69) is 0 Å². The van der Waals surface area contributed by atoms with Crippen LogP contribution in [0.15, 0.2) is 53.4 Å². The van der Waals surface area contributed by atoms with Crippen LogP contribution in [0.1, 0.15) is 29.8 Å². The standard InChI is InChI=1S/C21H24N2O5S/c1-14-13-17-7-5-6-8-19(17)23(14)20(24)15(2)28-21(25)16-9-11-18(12-10-16)29(26,27)22(3)4/h5-12,14-15H,13H2,1-4H3/t14-,15-/m0/s1. The number of hydrogen-bond donors (Lipinski definition) is 0. The molecule has 0 aliphatic carbocycles. The number of sulfonamides is 1. The van der Waals surface area contributed by atoms with Crippen molar-refractivity contribution in [2.75, 3.05) is 19.0 Å². The summed E-state index contributed by atoms with van der Waals surface area (Å²) in [4.78, 5) is 27.1. The lowest BCUT2D eigenvalue weighted by Gasteiger charge is -2.26. The molecule has 0 fully saturated rings. The highest BCUT2D eigenvalue weighted by Crippen LogP contribution is 2.32. The highest BCUT2D eigenvalue weighted by Gasteiger charge is 2.34. The zero-order valence-corrected chi connectivity index (χ0v) is 17.6. The van der Waals surface area contributed by atoms with Crippen LogP contribution in [-0.4, -0.2) is 50.8 Å². The van der Waals surface area contributed by atoms with Gasteiger partial charge in [-0.1, -0.05) is 18.2 Å². The molecule has 2 aromatic carbocycles. The van der Waals surface area contributed by atoms with Crippen LogP contribution in [0.4, 0.5) is 5.69 Å². The molecule has 1 heterocycles. The minimum Gasteiger partial charge on any atom is -0.449 e.